The van der Waals surface area contributed by atoms with Gasteiger partial charge in [0.05, 0.1) is 13.2 Å². The van der Waals surface area contributed by atoms with E-state index in [9.17, 15) is 9.90 Å². The molecule has 1 heterocycles. The maximum atomic E-state index is 11.6. The molecule has 0 spiro atoms. The van der Waals surface area contributed by atoms with Crippen molar-refractivity contribution in [1.29, 1.82) is 0 Å². The van der Waals surface area contributed by atoms with Gasteiger partial charge in [-0.15, -0.1) is 0 Å². The van der Waals surface area contributed by atoms with Gasteiger partial charge in [-0.3, -0.25) is 10.1 Å². The van der Waals surface area contributed by atoms with E-state index in [0.29, 0.717) is 17.9 Å². The van der Waals surface area contributed by atoms with Gasteiger partial charge in [0.2, 0.25) is 5.91 Å². The molecular formula is C14H20N2O4. The lowest BCUT2D eigenvalue weighted by Gasteiger charge is -2.19. The number of nitrogens with two attached hydrogens (primary N) is 1. The number of hydrogen-bond donors (Lipinski definition) is 3. The van der Waals surface area contributed by atoms with Crippen LogP contribution in [0.25, 0.3) is 0 Å². The number of carbonyl (C=O) groups is 1. The van der Waals surface area contributed by atoms with Gasteiger partial charge in [-0.05, 0) is 30.5 Å². The summed E-state index contributed by atoms with van der Waals surface area (Å²) in [7, 11) is 1.46. The minimum Gasteiger partial charge on any atom is -0.504 e. The number of primary amides is 1. The van der Waals surface area contributed by atoms with Crippen LogP contribution >= 0.6 is 0 Å². The van der Waals surface area contributed by atoms with E-state index in [1.165, 1.54) is 13.2 Å². The second-order valence-corrected chi connectivity index (χ2v) is 4.81. The molecule has 1 aliphatic heterocycles. The second kappa shape index (κ2) is 6.58. The summed E-state index contributed by atoms with van der Waals surface area (Å²) in [5.74, 6) is -0.137. The van der Waals surface area contributed by atoms with E-state index in [0.717, 1.165) is 19.4 Å². The van der Waals surface area contributed by atoms with E-state index in [1.54, 1.807) is 12.1 Å². The van der Waals surface area contributed by atoms with Crippen LogP contribution in [0.5, 0.6) is 11.5 Å². The van der Waals surface area contributed by atoms with Crippen LogP contribution in [0.4, 0.5) is 0 Å². The quantitative estimate of drug-likeness (QED) is 0.713. The Kier molecular flexibility index (Phi) is 4.81. The standard InChI is InChI=1S/C14H20N2O4/c1-19-12-7-9(4-5-11(12)17)13(14(15)18)16-8-10-3-2-6-20-10/h4-5,7,10,13,16-17H,2-3,6,8H2,1H3,(H2,15,18). The van der Waals surface area contributed by atoms with Gasteiger partial charge in [-0.25, -0.2) is 0 Å². The van der Waals surface area contributed by atoms with Crippen LogP contribution in [0, 0.1) is 0 Å². The van der Waals surface area contributed by atoms with E-state index in [4.69, 9.17) is 15.2 Å². The number of benzene rings is 1. The third-order valence-corrected chi connectivity index (χ3v) is 3.40. The lowest BCUT2D eigenvalue weighted by atomic mass is 10.0. The molecule has 6 nitrogen and oxygen atoms in total. The number of phenolic OH excluding ortho intramolecular Hbond substituents is 1. The van der Waals surface area contributed by atoms with E-state index in [-0.39, 0.29) is 11.9 Å². The lowest BCUT2D eigenvalue weighted by molar-refractivity contribution is -0.120. The minimum atomic E-state index is -0.631. The first kappa shape index (κ1) is 14.6. The molecule has 0 saturated carbocycles. The van der Waals surface area contributed by atoms with Crippen molar-refractivity contribution >= 4 is 5.91 Å². The number of hydrogen-bond acceptors (Lipinski definition) is 5. The van der Waals surface area contributed by atoms with Gasteiger partial charge in [-0.2, -0.15) is 0 Å². The normalized spacial score (nSPS) is 19.8. The first-order valence-corrected chi connectivity index (χ1v) is 6.63. The van der Waals surface area contributed by atoms with Crippen LogP contribution in [0.3, 0.4) is 0 Å². The molecule has 4 N–H and O–H groups in total. The van der Waals surface area contributed by atoms with Crippen LogP contribution in [0.2, 0.25) is 0 Å². The molecule has 2 rings (SSSR count). The van der Waals surface area contributed by atoms with Crippen LogP contribution in [-0.2, 0) is 9.53 Å². The van der Waals surface area contributed by atoms with Crippen molar-refractivity contribution in [1.82, 2.24) is 5.32 Å². The predicted molar refractivity (Wildman–Crippen MR) is 73.6 cm³/mol. The summed E-state index contributed by atoms with van der Waals surface area (Å²) in [5, 5.41) is 12.7. The van der Waals surface area contributed by atoms with Gasteiger partial charge in [0.25, 0.3) is 0 Å². The Morgan fingerprint density at radius 2 is 2.45 bits per heavy atom. The van der Waals surface area contributed by atoms with Crippen LogP contribution in [0.1, 0.15) is 24.4 Å². The Balaban J connectivity index is 2.09. The van der Waals surface area contributed by atoms with E-state index >= 15 is 0 Å². The number of rotatable bonds is 6. The number of carbonyl (C=O) groups excluding carboxylic acids is 1. The van der Waals surface area contributed by atoms with Gasteiger partial charge in [-0.1, -0.05) is 6.07 Å². The highest BCUT2D eigenvalue weighted by atomic mass is 16.5. The van der Waals surface area contributed by atoms with Crippen molar-refractivity contribution in [3.05, 3.63) is 23.8 Å². The highest BCUT2D eigenvalue weighted by molar-refractivity contribution is 5.81. The number of amides is 1. The van der Waals surface area contributed by atoms with Gasteiger partial charge in [0.15, 0.2) is 11.5 Å². The molecule has 2 atom stereocenters. The smallest absolute Gasteiger partial charge is 0.239 e. The Morgan fingerprint density at radius 1 is 1.65 bits per heavy atom. The highest BCUT2D eigenvalue weighted by Crippen LogP contribution is 2.29. The number of methoxy groups -OCH3 is 1. The van der Waals surface area contributed by atoms with E-state index in [2.05, 4.69) is 5.32 Å². The lowest BCUT2D eigenvalue weighted by Crippen LogP contribution is -2.37. The molecule has 6 heteroatoms. The number of aromatic hydroxyl groups is 1. The molecule has 2 unspecified atom stereocenters. The van der Waals surface area contributed by atoms with Gasteiger partial charge >= 0.3 is 0 Å². The maximum absolute atomic E-state index is 11.6. The Hall–Kier alpha value is -1.79. The summed E-state index contributed by atoms with van der Waals surface area (Å²) in [5.41, 5.74) is 6.10. The molecule has 0 aromatic heterocycles. The largest absolute Gasteiger partial charge is 0.504 e. The molecular weight excluding hydrogens is 260 g/mol. The zero-order valence-corrected chi connectivity index (χ0v) is 11.5. The number of nitrogens with one attached hydrogen (secondary N) is 1. The zero-order chi connectivity index (χ0) is 14.5. The van der Waals surface area contributed by atoms with Crippen molar-refractivity contribution in [3.8, 4) is 11.5 Å². The molecule has 20 heavy (non-hydrogen) atoms. The Labute approximate surface area is 117 Å². The average Bonchev–Trinajstić information content (AvgIpc) is 2.93. The van der Waals surface area contributed by atoms with Crippen LogP contribution in [-0.4, -0.2) is 37.4 Å². The van der Waals surface area contributed by atoms with Crippen LogP contribution in [0.15, 0.2) is 18.2 Å². The summed E-state index contributed by atoms with van der Waals surface area (Å²) >= 11 is 0. The first-order chi connectivity index (χ1) is 9.61. The molecule has 0 radical (unpaired) electrons. The SMILES string of the molecule is COc1cc(C(NCC2CCCO2)C(N)=O)ccc1O. The monoisotopic (exact) mass is 280 g/mol. The molecule has 1 saturated heterocycles. The van der Waals surface area contributed by atoms with Crippen molar-refractivity contribution in [2.75, 3.05) is 20.3 Å². The summed E-state index contributed by atoms with van der Waals surface area (Å²) in [6.07, 6.45) is 2.15. The summed E-state index contributed by atoms with van der Waals surface area (Å²) in [6, 6.07) is 4.11. The van der Waals surface area contributed by atoms with Gasteiger partial charge in [0.1, 0.15) is 6.04 Å². The number of phenols is 1. The minimum absolute atomic E-state index is 0.0265. The molecule has 0 aliphatic carbocycles. The fourth-order valence-corrected chi connectivity index (χ4v) is 2.31. The Bertz CT molecular complexity index is 472. The molecule has 0 bridgehead atoms. The van der Waals surface area contributed by atoms with E-state index in [1.807, 2.05) is 0 Å². The molecule has 1 aromatic rings. The summed E-state index contributed by atoms with van der Waals surface area (Å²) in [4.78, 5) is 11.6. The summed E-state index contributed by atoms with van der Waals surface area (Å²) in [6.45, 7) is 1.33. The molecule has 1 fully saturated rings. The van der Waals surface area contributed by atoms with Gasteiger partial charge < -0.3 is 20.3 Å². The second-order valence-electron chi connectivity index (χ2n) is 4.81. The number of ether oxygens (including phenoxy) is 2. The van der Waals surface area contributed by atoms with E-state index < -0.39 is 11.9 Å². The third-order valence-electron chi connectivity index (χ3n) is 3.40. The topological polar surface area (TPSA) is 93.8 Å². The average molecular weight is 280 g/mol. The highest BCUT2D eigenvalue weighted by Gasteiger charge is 2.22. The fraction of sp³-hybridized carbons (Fsp3) is 0.500. The molecule has 1 aliphatic rings. The molecule has 1 aromatic carbocycles. The van der Waals surface area contributed by atoms with Crippen molar-refractivity contribution in [2.45, 2.75) is 25.0 Å². The maximum Gasteiger partial charge on any atom is 0.239 e. The van der Waals surface area contributed by atoms with Gasteiger partial charge in [0, 0.05) is 13.2 Å². The van der Waals surface area contributed by atoms with Crippen molar-refractivity contribution < 1.29 is 19.4 Å². The molecule has 1 amide bonds. The van der Waals surface area contributed by atoms with Crippen LogP contribution < -0.4 is 15.8 Å². The first-order valence-electron chi connectivity index (χ1n) is 6.63. The Morgan fingerprint density at radius 3 is 3.05 bits per heavy atom. The zero-order valence-electron chi connectivity index (χ0n) is 11.5. The van der Waals surface area contributed by atoms with Crippen molar-refractivity contribution in [2.24, 2.45) is 5.73 Å². The third kappa shape index (κ3) is 3.40. The fourth-order valence-electron chi connectivity index (χ4n) is 2.31. The molecule has 110 valence electrons. The van der Waals surface area contributed by atoms with Crippen molar-refractivity contribution in [3.63, 3.8) is 0 Å². The summed E-state index contributed by atoms with van der Waals surface area (Å²) < 4.78 is 10.5. The predicted octanol–water partition coefficient (Wildman–Crippen LogP) is 0.696.